The van der Waals surface area contributed by atoms with Crippen molar-refractivity contribution in [3.63, 3.8) is 0 Å². The SMILES string of the molecule is CC(C)NC(=O)C1Cc2cccc(c2)Oc2ccc(cc2)CCC(=O)NC(C)C(=O)O1. The monoisotopic (exact) mass is 424 g/mol. The number of rotatable bonds is 2. The minimum atomic E-state index is -1.03. The second-order valence-electron chi connectivity index (χ2n) is 7.98. The van der Waals surface area contributed by atoms with E-state index in [4.69, 9.17) is 9.47 Å². The summed E-state index contributed by atoms with van der Waals surface area (Å²) in [5.74, 6) is -0.0128. The van der Waals surface area contributed by atoms with Crippen molar-refractivity contribution < 1.29 is 23.9 Å². The van der Waals surface area contributed by atoms with Gasteiger partial charge in [-0.05, 0) is 62.6 Å². The molecule has 2 aromatic rings. The number of benzene rings is 2. The Labute approximate surface area is 182 Å². The van der Waals surface area contributed by atoms with Crippen LogP contribution in [-0.2, 0) is 32.0 Å². The van der Waals surface area contributed by atoms with Crippen molar-refractivity contribution in [3.8, 4) is 11.5 Å². The van der Waals surface area contributed by atoms with Crippen molar-refractivity contribution >= 4 is 17.8 Å². The van der Waals surface area contributed by atoms with Crippen molar-refractivity contribution in [2.45, 2.75) is 58.2 Å². The number of ether oxygens (including phenoxy) is 2. The maximum Gasteiger partial charge on any atom is 0.329 e. The highest BCUT2D eigenvalue weighted by atomic mass is 16.5. The first kappa shape index (κ1) is 22.3. The lowest BCUT2D eigenvalue weighted by Crippen LogP contribution is -2.46. The molecule has 2 aliphatic rings. The van der Waals surface area contributed by atoms with Gasteiger partial charge < -0.3 is 20.1 Å². The molecule has 31 heavy (non-hydrogen) atoms. The van der Waals surface area contributed by atoms with Gasteiger partial charge >= 0.3 is 5.97 Å². The first-order chi connectivity index (χ1) is 14.8. The quantitative estimate of drug-likeness (QED) is 0.723. The summed E-state index contributed by atoms with van der Waals surface area (Å²) in [5.41, 5.74) is 1.77. The summed E-state index contributed by atoms with van der Waals surface area (Å²) in [6.45, 7) is 5.22. The summed E-state index contributed by atoms with van der Waals surface area (Å²) in [6, 6.07) is 13.9. The van der Waals surface area contributed by atoms with Crippen molar-refractivity contribution in [2.24, 2.45) is 0 Å². The highest BCUT2D eigenvalue weighted by Gasteiger charge is 2.27. The summed E-state index contributed by atoms with van der Waals surface area (Å²) in [6.07, 6.45) is -0.0845. The topological polar surface area (TPSA) is 93.7 Å². The standard InChI is InChI=1S/C24H28N2O5/c1-15(2)25-23(28)21-14-18-5-4-6-20(13-18)30-19-10-7-17(8-11-19)9-12-22(27)26-16(3)24(29)31-21/h4-8,10-11,13,15-16,21H,9,12,14H2,1-3H3,(H,25,28)(H,26,27). The molecule has 0 radical (unpaired) electrons. The van der Waals surface area contributed by atoms with E-state index in [1.54, 1.807) is 6.92 Å². The van der Waals surface area contributed by atoms with Crippen LogP contribution in [0.3, 0.4) is 0 Å². The van der Waals surface area contributed by atoms with Crippen LogP contribution in [0.2, 0.25) is 0 Å². The minimum Gasteiger partial charge on any atom is -0.457 e. The third-order valence-electron chi connectivity index (χ3n) is 4.83. The van der Waals surface area contributed by atoms with E-state index < -0.39 is 18.1 Å². The second kappa shape index (κ2) is 10.1. The van der Waals surface area contributed by atoms with Crippen LogP contribution >= 0.6 is 0 Å². The van der Waals surface area contributed by atoms with E-state index in [9.17, 15) is 14.4 Å². The number of amides is 2. The van der Waals surface area contributed by atoms with E-state index >= 15 is 0 Å². The van der Waals surface area contributed by atoms with Gasteiger partial charge in [0, 0.05) is 18.9 Å². The molecule has 0 aliphatic carbocycles. The Balaban J connectivity index is 1.90. The van der Waals surface area contributed by atoms with Crippen LogP contribution in [0, 0.1) is 0 Å². The lowest BCUT2D eigenvalue weighted by molar-refractivity contribution is -0.158. The van der Waals surface area contributed by atoms with Crippen molar-refractivity contribution in [3.05, 3.63) is 59.7 Å². The predicted octanol–water partition coefficient (Wildman–Crippen LogP) is 2.91. The Morgan fingerprint density at radius 2 is 1.77 bits per heavy atom. The van der Waals surface area contributed by atoms with Crippen LogP contribution in [0.15, 0.2) is 48.5 Å². The molecule has 0 aromatic heterocycles. The van der Waals surface area contributed by atoms with E-state index in [0.29, 0.717) is 17.9 Å². The zero-order valence-electron chi connectivity index (χ0n) is 18.0. The number of hydrogen-bond acceptors (Lipinski definition) is 5. The van der Waals surface area contributed by atoms with Gasteiger partial charge in [-0.3, -0.25) is 9.59 Å². The Kier molecular flexibility index (Phi) is 7.28. The fraction of sp³-hybridized carbons (Fsp3) is 0.375. The predicted molar refractivity (Wildman–Crippen MR) is 116 cm³/mol. The second-order valence-corrected chi connectivity index (χ2v) is 7.98. The summed E-state index contributed by atoms with van der Waals surface area (Å²) < 4.78 is 11.4. The summed E-state index contributed by atoms with van der Waals surface area (Å²) in [5, 5.41) is 5.44. The molecule has 0 saturated carbocycles. The Bertz CT molecular complexity index is 939. The average molecular weight is 424 g/mol. The van der Waals surface area contributed by atoms with Gasteiger partial charge in [-0.2, -0.15) is 0 Å². The van der Waals surface area contributed by atoms with E-state index in [1.165, 1.54) is 0 Å². The smallest absolute Gasteiger partial charge is 0.329 e. The Morgan fingerprint density at radius 3 is 2.48 bits per heavy atom. The first-order valence-electron chi connectivity index (χ1n) is 10.5. The zero-order chi connectivity index (χ0) is 22.4. The van der Waals surface area contributed by atoms with Crippen LogP contribution in [0.5, 0.6) is 11.5 Å². The Morgan fingerprint density at radius 1 is 1.03 bits per heavy atom. The summed E-state index contributed by atoms with van der Waals surface area (Å²) in [7, 11) is 0. The average Bonchev–Trinajstić information content (AvgIpc) is 2.72. The van der Waals surface area contributed by atoms with Gasteiger partial charge in [-0.15, -0.1) is 0 Å². The van der Waals surface area contributed by atoms with Crippen LogP contribution in [-0.4, -0.2) is 36.0 Å². The van der Waals surface area contributed by atoms with Gasteiger partial charge in [0.2, 0.25) is 5.91 Å². The number of esters is 1. The molecule has 7 heteroatoms. The fourth-order valence-corrected chi connectivity index (χ4v) is 3.25. The molecule has 0 spiro atoms. The van der Waals surface area contributed by atoms with Crippen LogP contribution in [0.1, 0.15) is 38.3 Å². The van der Waals surface area contributed by atoms with Gasteiger partial charge in [0.15, 0.2) is 6.10 Å². The summed E-state index contributed by atoms with van der Waals surface area (Å²) >= 11 is 0. The molecule has 2 aliphatic heterocycles. The number of carbonyl (C=O) groups excluding carboxylic acids is 3. The van der Waals surface area contributed by atoms with Gasteiger partial charge in [0.05, 0.1) is 0 Å². The first-order valence-corrected chi connectivity index (χ1v) is 10.5. The lowest BCUT2D eigenvalue weighted by atomic mass is 10.1. The van der Waals surface area contributed by atoms with Crippen molar-refractivity contribution in [1.82, 2.24) is 10.6 Å². The number of aryl methyl sites for hydroxylation is 1. The molecule has 2 N–H and O–H groups in total. The number of nitrogens with one attached hydrogen (secondary N) is 2. The number of fused-ring (bicyclic) bond motifs is 10. The van der Waals surface area contributed by atoms with E-state index in [0.717, 1.165) is 11.1 Å². The normalized spacial score (nSPS) is 19.7. The van der Waals surface area contributed by atoms with Crippen molar-refractivity contribution in [1.29, 1.82) is 0 Å². The molecular weight excluding hydrogens is 396 g/mol. The molecule has 2 unspecified atom stereocenters. The van der Waals surface area contributed by atoms with Gasteiger partial charge in [-0.1, -0.05) is 24.3 Å². The molecule has 0 fully saturated rings. The number of carbonyl (C=O) groups is 3. The molecule has 7 nitrogen and oxygen atoms in total. The largest absolute Gasteiger partial charge is 0.457 e. The van der Waals surface area contributed by atoms with E-state index in [-0.39, 0.29) is 30.7 Å². The molecular formula is C24H28N2O5. The van der Waals surface area contributed by atoms with Gasteiger partial charge in [0.25, 0.3) is 5.91 Å². The molecule has 0 saturated heterocycles. The number of hydrogen-bond donors (Lipinski definition) is 2. The van der Waals surface area contributed by atoms with E-state index in [1.807, 2.05) is 62.4 Å². The fourth-order valence-electron chi connectivity index (χ4n) is 3.25. The highest BCUT2D eigenvalue weighted by Crippen LogP contribution is 2.24. The van der Waals surface area contributed by atoms with Gasteiger partial charge in [-0.25, -0.2) is 4.79 Å². The third kappa shape index (κ3) is 6.57. The third-order valence-corrected chi connectivity index (χ3v) is 4.83. The lowest BCUT2D eigenvalue weighted by Gasteiger charge is -2.21. The molecule has 164 valence electrons. The zero-order valence-corrected chi connectivity index (χ0v) is 18.0. The highest BCUT2D eigenvalue weighted by molar-refractivity contribution is 5.88. The van der Waals surface area contributed by atoms with E-state index in [2.05, 4.69) is 10.6 Å². The molecule has 2 amide bonds. The molecule has 4 rings (SSSR count). The minimum absolute atomic E-state index is 0.107. The summed E-state index contributed by atoms with van der Waals surface area (Å²) in [4.78, 5) is 37.5. The molecule has 2 atom stereocenters. The Hall–Kier alpha value is -3.35. The molecule has 4 bridgehead atoms. The maximum atomic E-state index is 12.7. The molecule has 2 aromatic carbocycles. The van der Waals surface area contributed by atoms with Crippen LogP contribution in [0.4, 0.5) is 0 Å². The maximum absolute atomic E-state index is 12.7. The van der Waals surface area contributed by atoms with Crippen molar-refractivity contribution in [2.75, 3.05) is 0 Å². The van der Waals surface area contributed by atoms with Gasteiger partial charge in [0.1, 0.15) is 17.5 Å². The molecule has 2 heterocycles. The van der Waals surface area contributed by atoms with Crippen LogP contribution in [0.25, 0.3) is 0 Å². The van der Waals surface area contributed by atoms with Crippen LogP contribution < -0.4 is 15.4 Å².